The average Bonchev–Trinajstić information content (AvgIpc) is 3.14. The second-order valence-electron chi connectivity index (χ2n) is 4.43. The van der Waals surface area contributed by atoms with Crippen molar-refractivity contribution in [3.63, 3.8) is 0 Å². The van der Waals surface area contributed by atoms with E-state index < -0.39 is 11.9 Å². The maximum Gasteiger partial charge on any atom is 0.240 e. The number of nitrogens with zero attached hydrogens (tertiary/aromatic N) is 1. The standard InChI is InChI=1S/C12H14ClN3O2/c13-10-4-1-7(6-15-10)5-9(11(14)17)16-12(18)8-2-3-8/h1,4,6,8-9H,2-3,5H2,(H2,14,17)(H,16,18)/t9-/m0/s1. The maximum atomic E-state index is 11.6. The average molecular weight is 268 g/mol. The predicted molar refractivity (Wildman–Crippen MR) is 66.8 cm³/mol. The fourth-order valence-electron chi connectivity index (χ4n) is 1.62. The van der Waals surface area contributed by atoms with Gasteiger partial charge in [0.25, 0.3) is 0 Å². The van der Waals surface area contributed by atoms with Crippen LogP contribution < -0.4 is 11.1 Å². The number of hydrogen-bond acceptors (Lipinski definition) is 3. The first-order valence-corrected chi connectivity index (χ1v) is 6.14. The predicted octanol–water partition coefficient (Wildman–Crippen LogP) is 0.658. The Balaban J connectivity index is 1.99. The van der Waals surface area contributed by atoms with Gasteiger partial charge in [0.15, 0.2) is 0 Å². The minimum atomic E-state index is -0.693. The van der Waals surface area contributed by atoms with Gasteiger partial charge in [-0.3, -0.25) is 9.59 Å². The van der Waals surface area contributed by atoms with E-state index in [4.69, 9.17) is 17.3 Å². The summed E-state index contributed by atoms with van der Waals surface area (Å²) in [6.07, 6.45) is 3.68. The summed E-state index contributed by atoms with van der Waals surface area (Å²) in [5.41, 5.74) is 6.09. The lowest BCUT2D eigenvalue weighted by Gasteiger charge is -2.15. The number of halogens is 1. The van der Waals surface area contributed by atoms with E-state index in [-0.39, 0.29) is 11.8 Å². The summed E-state index contributed by atoms with van der Waals surface area (Å²) < 4.78 is 0. The Kier molecular flexibility index (Phi) is 3.81. The van der Waals surface area contributed by atoms with Crippen LogP contribution in [0.3, 0.4) is 0 Å². The zero-order valence-corrected chi connectivity index (χ0v) is 10.5. The number of nitrogens with two attached hydrogens (primary N) is 1. The molecule has 6 heteroatoms. The van der Waals surface area contributed by atoms with E-state index in [2.05, 4.69) is 10.3 Å². The highest BCUT2D eigenvalue weighted by molar-refractivity contribution is 6.29. The summed E-state index contributed by atoms with van der Waals surface area (Å²) in [7, 11) is 0. The van der Waals surface area contributed by atoms with Gasteiger partial charge in [-0.15, -0.1) is 0 Å². The number of amides is 2. The van der Waals surface area contributed by atoms with Crippen molar-refractivity contribution in [1.82, 2.24) is 10.3 Å². The number of nitrogens with one attached hydrogen (secondary N) is 1. The van der Waals surface area contributed by atoms with E-state index in [0.717, 1.165) is 18.4 Å². The smallest absolute Gasteiger partial charge is 0.240 e. The molecule has 96 valence electrons. The minimum absolute atomic E-state index is 0.0511. The molecule has 1 aromatic rings. The zero-order chi connectivity index (χ0) is 13.1. The van der Waals surface area contributed by atoms with Crippen molar-refractivity contribution >= 4 is 23.4 Å². The van der Waals surface area contributed by atoms with Gasteiger partial charge in [-0.05, 0) is 24.5 Å². The summed E-state index contributed by atoms with van der Waals surface area (Å²) in [6.45, 7) is 0. The molecule has 1 saturated carbocycles. The third-order valence-corrected chi connectivity index (χ3v) is 3.06. The largest absolute Gasteiger partial charge is 0.368 e. The van der Waals surface area contributed by atoms with Crippen molar-refractivity contribution in [2.45, 2.75) is 25.3 Å². The fraction of sp³-hybridized carbons (Fsp3) is 0.417. The molecule has 0 radical (unpaired) electrons. The van der Waals surface area contributed by atoms with Crippen LogP contribution in [0.2, 0.25) is 5.15 Å². The molecule has 3 N–H and O–H groups in total. The van der Waals surface area contributed by atoms with E-state index in [1.54, 1.807) is 18.3 Å². The molecule has 0 unspecified atom stereocenters. The molecule has 0 aliphatic heterocycles. The normalized spacial score (nSPS) is 16.1. The van der Waals surface area contributed by atoms with Gasteiger partial charge >= 0.3 is 0 Å². The number of carbonyl (C=O) groups excluding carboxylic acids is 2. The molecule has 0 spiro atoms. The van der Waals surface area contributed by atoms with Crippen LogP contribution in [0.4, 0.5) is 0 Å². The van der Waals surface area contributed by atoms with Gasteiger partial charge in [0.2, 0.25) is 11.8 Å². The van der Waals surface area contributed by atoms with Crippen molar-refractivity contribution in [2.24, 2.45) is 11.7 Å². The molecular weight excluding hydrogens is 254 g/mol. The first-order valence-electron chi connectivity index (χ1n) is 5.76. The SMILES string of the molecule is NC(=O)[C@H](Cc1ccc(Cl)nc1)NC(=O)C1CC1. The van der Waals surface area contributed by atoms with Crippen molar-refractivity contribution in [1.29, 1.82) is 0 Å². The van der Waals surface area contributed by atoms with Crippen LogP contribution in [0.1, 0.15) is 18.4 Å². The van der Waals surface area contributed by atoms with Gasteiger partial charge in [0.05, 0.1) is 0 Å². The van der Waals surface area contributed by atoms with Gasteiger partial charge in [-0.25, -0.2) is 4.98 Å². The molecule has 2 rings (SSSR count). The number of carbonyl (C=O) groups is 2. The van der Waals surface area contributed by atoms with Crippen LogP contribution in [0.25, 0.3) is 0 Å². The minimum Gasteiger partial charge on any atom is -0.368 e. The summed E-state index contributed by atoms with van der Waals surface area (Å²) in [5, 5.41) is 3.05. The van der Waals surface area contributed by atoms with E-state index >= 15 is 0 Å². The highest BCUT2D eigenvalue weighted by atomic mass is 35.5. The first kappa shape index (κ1) is 12.8. The molecule has 1 atom stereocenters. The Morgan fingerprint density at radius 1 is 1.50 bits per heavy atom. The maximum absolute atomic E-state index is 11.6. The van der Waals surface area contributed by atoms with Crippen LogP contribution in [-0.4, -0.2) is 22.8 Å². The summed E-state index contributed by atoms with van der Waals surface area (Å²) in [5.74, 6) is -0.588. The Bertz CT molecular complexity index is 457. The van der Waals surface area contributed by atoms with Crippen LogP contribution in [-0.2, 0) is 16.0 Å². The molecule has 1 aliphatic rings. The molecule has 18 heavy (non-hydrogen) atoms. The fourth-order valence-corrected chi connectivity index (χ4v) is 1.73. The van der Waals surface area contributed by atoms with Gasteiger partial charge in [-0.2, -0.15) is 0 Å². The molecule has 0 aromatic carbocycles. The lowest BCUT2D eigenvalue weighted by Crippen LogP contribution is -2.46. The van der Waals surface area contributed by atoms with Gasteiger partial charge in [0.1, 0.15) is 11.2 Å². The van der Waals surface area contributed by atoms with E-state index in [1.165, 1.54) is 0 Å². The van der Waals surface area contributed by atoms with E-state index in [9.17, 15) is 9.59 Å². The second-order valence-corrected chi connectivity index (χ2v) is 4.82. The van der Waals surface area contributed by atoms with E-state index in [1.807, 2.05) is 0 Å². The lowest BCUT2D eigenvalue weighted by atomic mass is 10.1. The van der Waals surface area contributed by atoms with Crippen molar-refractivity contribution in [3.05, 3.63) is 29.0 Å². The molecule has 1 fully saturated rings. The quantitative estimate of drug-likeness (QED) is 0.769. The molecule has 1 aromatic heterocycles. The van der Waals surface area contributed by atoms with Gasteiger partial charge in [0, 0.05) is 18.5 Å². The molecule has 5 nitrogen and oxygen atoms in total. The number of hydrogen-bond donors (Lipinski definition) is 2. The number of aromatic nitrogens is 1. The van der Waals surface area contributed by atoms with Crippen LogP contribution in [0.15, 0.2) is 18.3 Å². The topological polar surface area (TPSA) is 85.1 Å². The number of pyridine rings is 1. The molecule has 0 saturated heterocycles. The highest BCUT2D eigenvalue weighted by Crippen LogP contribution is 2.28. The first-order chi connectivity index (χ1) is 8.56. The van der Waals surface area contributed by atoms with Crippen molar-refractivity contribution < 1.29 is 9.59 Å². The van der Waals surface area contributed by atoms with E-state index in [0.29, 0.717) is 11.6 Å². The highest BCUT2D eigenvalue weighted by Gasteiger charge is 2.32. The van der Waals surface area contributed by atoms with Crippen LogP contribution in [0, 0.1) is 5.92 Å². The second kappa shape index (κ2) is 5.35. The van der Waals surface area contributed by atoms with Crippen molar-refractivity contribution in [2.75, 3.05) is 0 Å². The van der Waals surface area contributed by atoms with Gasteiger partial charge < -0.3 is 11.1 Å². The zero-order valence-electron chi connectivity index (χ0n) is 9.73. The Hall–Kier alpha value is -1.62. The lowest BCUT2D eigenvalue weighted by molar-refractivity contribution is -0.128. The molecule has 1 aliphatic carbocycles. The monoisotopic (exact) mass is 267 g/mol. The summed E-state index contributed by atoms with van der Waals surface area (Å²) in [4.78, 5) is 26.8. The molecule has 0 bridgehead atoms. The third kappa shape index (κ3) is 3.43. The Labute approximate surface area is 110 Å². The number of rotatable bonds is 5. The van der Waals surface area contributed by atoms with Gasteiger partial charge in [-0.1, -0.05) is 17.7 Å². The Morgan fingerprint density at radius 2 is 2.22 bits per heavy atom. The third-order valence-electron chi connectivity index (χ3n) is 2.84. The van der Waals surface area contributed by atoms with Crippen LogP contribution >= 0.6 is 11.6 Å². The molecular formula is C12H14ClN3O2. The van der Waals surface area contributed by atoms with Crippen molar-refractivity contribution in [3.8, 4) is 0 Å². The van der Waals surface area contributed by atoms with Crippen LogP contribution in [0.5, 0.6) is 0 Å². The molecule has 2 amide bonds. The summed E-state index contributed by atoms with van der Waals surface area (Å²) in [6, 6.07) is 2.70. The Morgan fingerprint density at radius 3 is 2.72 bits per heavy atom. The molecule has 1 heterocycles. The summed E-state index contributed by atoms with van der Waals surface area (Å²) >= 11 is 5.67. The number of primary amides is 1.